The highest BCUT2D eigenvalue weighted by atomic mass is 32.2. The molecule has 0 aliphatic heterocycles. The molecule has 0 bridgehead atoms. The van der Waals surface area contributed by atoms with Crippen molar-refractivity contribution in [3.63, 3.8) is 0 Å². The summed E-state index contributed by atoms with van der Waals surface area (Å²) in [5.74, 6) is 1.06. The molecule has 0 heterocycles. The zero-order valence-electron chi connectivity index (χ0n) is 11.6. The number of thioether (sulfide) groups is 1. The smallest absolute Gasteiger partial charge is 0.242 e. The molecule has 6 heteroatoms. The second kappa shape index (κ2) is 7.77. The molecule has 0 saturated carbocycles. The minimum absolute atomic E-state index is 0.116. The van der Waals surface area contributed by atoms with Crippen molar-refractivity contribution in [3.05, 3.63) is 24.3 Å². The van der Waals surface area contributed by atoms with E-state index in [0.29, 0.717) is 10.6 Å². The summed E-state index contributed by atoms with van der Waals surface area (Å²) < 4.78 is 27.0. The van der Waals surface area contributed by atoms with E-state index < -0.39 is 10.0 Å². The van der Waals surface area contributed by atoms with Gasteiger partial charge in [0.25, 0.3) is 0 Å². The van der Waals surface area contributed by atoms with Crippen LogP contribution in [0.4, 0.5) is 5.69 Å². The first-order valence-corrected chi connectivity index (χ1v) is 9.19. The van der Waals surface area contributed by atoms with Gasteiger partial charge in [-0.05, 0) is 44.4 Å². The first-order chi connectivity index (χ1) is 8.97. The van der Waals surface area contributed by atoms with E-state index in [1.807, 2.05) is 19.9 Å². The molecule has 4 nitrogen and oxygen atoms in total. The van der Waals surface area contributed by atoms with Crippen LogP contribution >= 0.6 is 11.8 Å². The lowest BCUT2D eigenvalue weighted by molar-refractivity contribution is 0.570. The molecule has 0 amide bonds. The Labute approximate surface area is 120 Å². The molecule has 1 aromatic rings. The third kappa shape index (κ3) is 5.42. The summed E-state index contributed by atoms with van der Waals surface area (Å²) in [5, 5.41) is 3.19. The fourth-order valence-corrected chi connectivity index (χ4v) is 3.53. The van der Waals surface area contributed by atoms with E-state index in [-0.39, 0.29) is 6.04 Å². The van der Waals surface area contributed by atoms with Crippen LogP contribution in [0.25, 0.3) is 0 Å². The molecule has 1 rings (SSSR count). The summed E-state index contributed by atoms with van der Waals surface area (Å²) in [4.78, 5) is 0.313. The molecule has 0 aliphatic rings. The van der Waals surface area contributed by atoms with Gasteiger partial charge in [-0.1, -0.05) is 12.1 Å². The van der Waals surface area contributed by atoms with Crippen molar-refractivity contribution in [1.82, 2.24) is 4.72 Å². The third-order valence-electron chi connectivity index (χ3n) is 2.41. The topological polar surface area (TPSA) is 58.2 Å². The van der Waals surface area contributed by atoms with Crippen LogP contribution in [0.15, 0.2) is 29.2 Å². The second-order valence-corrected chi connectivity index (χ2v) is 7.21. The minimum atomic E-state index is -3.45. The van der Waals surface area contributed by atoms with Crippen molar-refractivity contribution < 1.29 is 8.42 Å². The molecule has 108 valence electrons. The third-order valence-corrected chi connectivity index (χ3v) is 4.82. The highest BCUT2D eigenvalue weighted by Gasteiger charge is 2.18. The molecule has 0 atom stereocenters. The quantitative estimate of drug-likeness (QED) is 0.725. The molecular formula is C13H22N2O2S2. The Morgan fingerprint density at radius 3 is 2.58 bits per heavy atom. The normalized spacial score (nSPS) is 11.8. The molecule has 0 spiro atoms. The van der Waals surface area contributed by atoms with Crippen LogP contribution in [0.2, 0.25) is 0 Å². The van der Waals surface area contributed by atoms with Crippen molar-refractivity contribution in [3.8, 4) is 0 Å². The maximum atomic E-state index is 12.2. The Morgan fingerprint density at radius 1 is 1.26 bits per heavy atom. The summed E-state index contributed by atoms with van der Waals surface area (Å²) in [7, 11) is -3.45. The van der Waals surface area contributed by atoms with Crippen molar-refractivity contribution in [1.29, 1.82) is 0 Å². The minimum Gasteiger partial charge on any atom is -0.384 e. The first kappa shape index (κ1) is 16.3. The Bertz CT molecular complexity index is 487. The molecule has 0 radical (unpaired) electrons. The van der Waals surface area contributed by atoms with Gasteiger partial charge in [-0.25, -0.2) is 13.1 Å². The highest BCUT2D eigenvalue weighted by molar-refractivity contribution is 7.98. The number of benzene rings is 1. The average Bonchev–Trinajstić information content (AvgIpc) is 2.33. The van der Waals surface area contributed by atoms with Crippen LogP contribution < -0.4 is 10.0 Å². The van der Waals surface area contributed by atoms with Crippen LogP contribution in [0.1, 0.15) is 20.3 Å². The molecule has 0 fully saturated rings. The zero-order chi connectivity index (χ0) is 14.3. The number of anilines is 1. The van der Waals surface area contributed by atoms with Crippen LogP contribution in [-0.4, -0.2) is 33.0 Å². The Hall–Kier alpha value is -0.720. The van der Waals surface area contributed by atoms with Gasteiger partial charge in [0.15, 0.2) is 0 Å². The van der Waals surface area contributed by atoms with Crippen LogP contribution in [-0.2, 0) is 10.0 Å². The van der Waals surface area contributed by atoms with Gasteiger partial charge in [-0.3, -0.25) is 0 Å². The molecule has 0 aliphatic carbocycles. The van der Waals surface area contributed by atoms with E-state index in [2.05, 4.69) is 16.3 Å². The van der Waals surface area contributed by atoms with E-state index >= 15 is 0 Å². The van der Waals surface area contributed by atoms with E-state index in [1.54, 1.807) is 30.0 Å². The van der Waals surface area contributed by atoms with Crippen molar-refractivity contribution in [2.24, 2.45) is 0 Å². The number of hydrogen-bond acceptors (Lipinski definition) is 4. The lowest BCUT2D eigenvalue weighted by Crippen LogP contribution is -2.30. The number of rotatable bonds is 8. The van der Waals surface area contributed by atoms with Crippen LogP contribution in [0, 0.1) is 0 Å². The van der Waals surface area contributed by atoms with E-state index in [4.69, 9.17) is 0 Å². The lowest BCUT2D eigenvalue weighted by atomic mass is 10.3. The predicted molar refractivity (Wildman–Crippen MR) is 83.4 cm³/mol. The molecule has 0 aromatic heterocycles. The SMILES string of the molecule is CSCCCNc1ccccc1S(=O)(=O)NC(C)C. The van der Waals surface area contributed by atoms with Gasteiger partial charge in [-0.2, -0.15) is 11.8 Å². The van der Waals surface area contributed by atoms with Gasteiger partial charge < -0.3 is 5.32 Å². The maximum Gasteiger partial charge on any atom is 0.242 e. The predicted octanol–water partition coefficient (Wildman–Crippen LogP) is 2.54. The second-order valence-electron chi connectivity index (χ2n) is 4.55. The molecule has 0 unspecified atom stereocenters. The largest absolute Gasteiger partial charge is 0.384 e. The van der Waals surface area contributed by atoms with Gasteiger partial charge in [0.05, 0.1) is 5.69 Å². The molecule has 1 aromatic carbocycles. The van der Waals surface area contributed by atoms with Crippen molar-refractivity contribution >= 4 is 27.5 Å². The molecule has 19 heavy (non-hydrogen) atoms. The standard InChI is InChI=1S/C13H22N2O2S2/c1-11(2)15-19(16,17)13-8-5-4-7-12(13)14-9-6-10-18-3/h4-5,7-8,11,14-15H,6,9-10H2,1-3H3. The monoisotopic (exact) mass is 302 g/mol. The Morgan fingerprint density at radius 2 is 1.95 bits per heavy atom. The van der Waals surface area contributed by atoms with Crippen LogP contribution in [0.5, 0.6) is 0 Å². The van der Waals surface area contributed by atoms with E-state index in [9.17, 15) is 8.42 Å². The Balaban J connectivity index is 2.83. The van der Waals surface area contributed by atoms with Crippen molar-refractivity contribution in [2.45, 2.75) is 31.2 Å². The van der Waals surface area contributed by atoms with E-state index in [1.165, 1.54) is 0 Å². The van der Waals surface area contributed by atoms with E-state index in [0.717, 1.165) is 18.7 Å². The maximum absolute atomic E-state index is 12.2. The lowest BCUT2D eigenvalue weighted by Gasteiger charge is -2.14. The number of sulfonamides is 1. The fourth-order valence-electron chi connectivity index (χ4n) is 1.66. The van der Waals surface area contributed by atoms with Gasteiger partial charge in [0.1, 0.15) is 4.90 Å². The summed E-state index contributed by atoms with van der Waals surface area (Å²) >= 11 is 1.78. The van der Waals surface area contributed by atoms with Gasteiger partial charge >= 0.3 is 0 Å². The summed E-state index contributed by atoms with van der Waals surface area (Å²) in [5.41, 5.74) is 0.664. The van der Waals surface area contributed by atoms with Gasteiger partial charge in [0.2, 0.25) is 10.0 Å². The number of para-hydroxylation sites is 1. The summed E-state index contributed by atoms with van der Waals surface area (Å²) in [6.45, 7) is 4.40. The first-order valence-electron chi connectivity index (χ1n) is 6.31. The number of hydrogen-bond donors (Lipinski definition) is 2. The molecule has 0 saturated heterocycles. The number of nitrogens with one attached hydrogen (secondary N) is 2. The van der Waals surface area contributed by atoms with Crippen molar-refractivity contribution in [2.75, 3.05) is 23.9 Å². The molecular weight excluding hydrogens is 280 g/mol. The van der Waals surface area contributed by atoms with Crippen LogP contribution in [0.3, 0.4) is 0 Å². The molecule has 2 N–H and O–H groups in total. The summed E-state index contributed by atoms with van der Waals surface area (Å²) in [6.07, 6.45) is 3.07. The Kier molecular flexibility index (Phi) is 6.68. The zero-order valence-corrected chi connectivity index (χ0v) is 13.3. The highest BCUT2D eigenvalue weighted by Crippen LogP contribution is 2.20. The fraction of sp³-hybridized carbons (Fsp3) is 0.538. The summed E-state index contributed by atoms with van der Waals surface area (Å²) in [6, 6.07) is 6.89. The van der Waals surface area contributed by atoms with Gasteiger partial charge in [-0.15, -0.1) is 0 Å². The van der Waals surface area contributed by atoms with Gasteiger partial charge in [0, 0.05) is 12.6 Å². The average molecular weight is 302 g/mol.